The highest BCUT2D eigenvalue weighted by Crippen LogP contribution is 2.72. The standard InChI is InChI=1S/C22H33NO3/c1-12(2)18-16-11-21(3)15-8-7-13-5-4-6-14(13)22(21,10-9-17(24)25)19(18)23-20(15)26-16/h6,12-13,15-16,18-20,23H,4-5,7-11H2,1-3H3,(H,24,25). The molecule has 0 spiro atoms. The van der Waals surface area contributed by atoms with E-state index in [-0.39, 0.29) is 23.5 Å². The van der Waals surface area contributed by atoms with Crippen molar-refractivity contribution in [1.29, 1.82) is 0 Å². The van der Waals surface area contributed by atoms with Gasteiger partial charge in [-0.2, -0.15) is 0 Å². The molecule has 26 heavy (non-hydrogen) atoms. The Balaban J connectivity index is 1.70. The summed E-state index contributed by atoms with van der Waals surface area (Å²) in [5, 5.41) is 13.5. The van der Waals surface area contributed by atoms with Crippen molar-refractivity contribution in [2.75, 3.05) is 0 Å². The monoisotopic (exact) mass is 359 g/mol. The third-order valence-electron chi connectivity index (χ3n) is 9.00. The van der Waals surface area contributed by atoms with Gasteiger partial charge < -0.3 is 9.84 Å². The highest BCUT2D eigenvalue weighted by Gasteiger charge is 2.73. The lowest BCUT2D eigenvalue weighted by molar-refractivity contribution is -0.300. The van der Waals surface area contributed by atoms with Gasteiger partial charge in [0.15, 0.2) is 0 Å². The van der Waals surface area contributed by atoms with Crippen LogP contribution in [0.4, 0.5) is 0 Å². The Bertz CT molecular complexity index is 658. The Hall–Kier alpha value is -0.870. The SMILES string of the molecule is CC(C)C1C2CC3(C)C4CCC5CCC=C5C3(CCC(=O)O)C1NC4O2. The van der Waals surface area contributed by atoms with Gasteiger partial charge in [-0.25, -0.2) is 0 Å². The molecule has 0 aromatic rings. The molecule has 6 aliphatic rings. The number of rotatable bonds is 4. The lowest BCUT2D eigenvalue weighted by Gasteiger charge is -2.73. The minimum atomic E-state index is -0.648. The van der Waals surface area contributed by atoms with E-state index in [1.54, 1.807) is 5.57 Å². The van der Waals surface area contributed by atoms with Gasteiger partial charge in [0.05, 0.1) is 6.10 Å². The molecule has 4 nitrogen and oxygen atoms in total. The third kappa shape index (κ3) is 1.95. The van der Waals surface area contributed by atoms with Crippen LogP contribution in [-0.4, -0.2) is 29.4 Å². The third-order valence-corrected chi connectivity index (χ3v) is 9.00. The van der Waals surface area contributed by atoms with Crippen LogP contribution in [0.15, 0.2) is 11.6 Å². The van der Waals surface area contributed by atoms with E-state index in [4.69, 9.17) is 4.74 Å². The van der Waals surface area contributed by atoms with Gasteiger partial charge >= 0.3 is 5.97 Å². The number of carbonyl (C=O) groups is 1. The first kappa shape index (κ1) is 17.2. The zero-order chi connectivity index (χ0) is 18.3. The van der Waals surface area contributed by atoms with Crippen molar-refractivity contribution in [3.8, 4) is 0 Å². The molecule has 8 atom stereocenters. The van der Waals surface area contributed by atoms with Crippen molar-refractivity contribution < 1.29 is 14.6 Å². The number of hydrogen-bond donors (Lipinski definition) is 2. The predicted molar refractivity (Wildman–Crippen MR) is 99.5 cm³/mol. The first-order valence-corrected chi connectivity index (χ1v) is 10.7. The van der Waals surface area contributed by atoms with Crippen LogP contribution in [0.25, 0.3) is 0 Å². The summed E-state index contributed by atoms with van der Waals surface area (Å²) in [5.74, 6) is 1.56. The quantitative estimate of drug-likeness (QED) is 0.746. The minimum absolute atomic E-state index is 0.000556. The summed E-state index contributed by atoms with van der Waals surface area (Å²) < 4.78 is 6.55. The van der Waals surface area contributed by atoms with Crippen LogP contribution >= 0.6 is 0 Å². The van der Waals surface area contributed by atoms with E-state index in [0.717, 1.165) is 12.8 Å². The maximum Gasteiger partial charge on any atom is 0.303 e. The van der Waals surface area contributed by atoms with Crippen molar-refractivity contribution in [3.63, 3.8) is 0 Å². The van der Waals surface area contributed by atoms with E-state index in [2.05, 4.69) is 32.2 Å². The topological polar surface area (TPSA) is 58.6 Å². The largest absolute Gasteiger partial charge is 0.481 e. The van der Waals surface area contributed by atoms with Gasteiger partial charge in [-0.3, -0.25) is 10.1 Å². The van der Waals surface area contributed by atoms with Crippen LogP contribution in [0.1, 0.15) is 65.7 Å². The van der Waals surface area contributed by atoms with Crippen LogP contribution in [0, 0.1) is 34.5 Å². The Morgan fingerprint density at radius 1 is 1.38 bits per heavy atom. The summed E-state index contributed by atoms with van der Waals surface area (Å²) >= 11 is 0. The maximum atomic E-state index is 11.6. The molecule has 144 valence electrons. The molecule has 4 heteroatoms. The Labute approximate surface area is 156 Å². The maximum absolute atomic E-state index is 11.6. The highest BCUT2D eigenvalue weighted by atomic mass is 16.5. The molecule has 0 radical (unpaired) electrons. The molecule has 6 rings (SSSR count). The summed E-state index contributed by atoms with van der Waals surface area (Å²) in [6.07, 6.45) is 10.1. The van der Waals surface area contributed by atoms with Crippen molar-refractivity contribution in [1.82, 2.24) is 5.32 Å². The molecular weight excluding hydrogens is 326 g/mol. The molecule has 3 heterocycles. The number of ether oxygens (including phenoxy) is 1. The van der Waals surface area contributed by atoms with Crippen LogP contribution in [0.3, 0.4) is 0 Å². The summed E-state index contributed by atoms with van der Waals surface area (Å²) in [6, 6.07) is 0.366. The van der Waals surface area contributed by atoms with Gasteiger partial charge in [-0.1, -0.05) is 32.4 Å². The van der Waals surface area contributed by atoms with Gasteiger partial charge in [0.2, 0.25) is 0 Å². The smallest absolute Gasteiger partial charge is 0.303 e. The van der Waals surface area contributed by atoms with Crippen LogP contribution in [-0.2, 0) is 9.53 Å². The van der Waals surface area contributed by atoms with Gasteiger partial charge in [0.1, 0.15) is 6.23 Å². The van der Waals surface area contributed by atoms with E-state index >= 15 is 0 Å². The first-order chi connectivity index (χ1) is 12.4. The van der Waals surface area contributed by atoms with Crippen molar-refractivity contribution >= 4 is 5.97 Å². The van der Waals surface area contributed by atoms with E-state index in [1.165, 1.54) is 25.7 Å². The van der Waals surface area contributed by atoms with Crippen LogP contribution < -0.4 is 5.32 Å². The van der Waals surface area contributed by atoms with Crippen molar-refractivity contribution in [2.45, 2.75) is 84.1 Å². The summed E-state index contributed by atoms with van der Waals surface area (Å²) in [5.41, 5.74) is 1.80. The van der Waals surface area contributed by atoms with Gasteiger partial charge in [0, 0.05) is 29.7 Å². The minimum Gasteiger partial charge on any atom is -0.481 e. The van der Waals surface area contributed by atoms with Crippen LogP contribution in [0.5, 0.6) is 0 Å². The number of carboxylic acid groups (broad SMARTS) is 1. The normalized spacial score (nSPS) is 51.3. The molecule has 3 aliphatic heterocycles. The Kier molecular flexibility index (Phi) is 3.70. The van der Waals surface area contributed by atoms with Crippen LogP contribution in [0.2, 0.25) is 0 Å². The number of carboxylic acids is 1. The number of piperidine rings is 1. The van der Waals surface area contributed by atoms with E-state index in [1.807, 2.05) is 0 Å². The molecular formula is C22H33NO3. The summed E-state index contributed by atoms with van der Waals surface area (Å²) in [7, 11) is 0. The zero-order valence-corrected chi connectivity index (χ0v) is 16.3. The zero-order valence-electron chi connectivity index (χ0n) is 16.3. The van der Waals surface area contributed by atoms with E-state index in [0.29, 0.717) is 35.8 Å². The van der Waals surface area contributed by atoms with Gasteiger partial charge in [0.25, 0.3) is 0 Å². The fraction of sp³-hybridized carbons (Fsp3) is 0.864. The lowest BCUT2D eigenvalue weighted by Crippen LogP contribution is -2.79. The average Bonchev–Trinajstić information content (AvgIpc) is 2.99. The summed E-state index contributed by atoms with van der Waals surface area (Å²) in [6.45, 7) is 7.13. The van der Waals surface area contributed by atoms with Gasteiger partial charge in [-0.05, 0) is 55.8 Å². The highest BCUT2D eigenvalue weighted by molar-refractivity contribution is 5.67. The molecule has 2 N–H and O–H groups in total. The second kappa shape index (κ2) is 5.57. The van der Waals surface area contributed by atoms with E-state index < -0.39 is 5.97 Å². The molecule has 2 saturated carbocycles. The lowest BCUT2D eigenvalue weighted by atomic mass is 9.40. The Morgan fingerprint density at radius 2 is 2.19 bits per heavy atom. The second-order valence-corrected chi connectivity index (χ2v) is 10.2. The number of fused-ring (bicyclic) bond motifs is 1. The molecule has 0 aromatic heterocycles. The second-order valence-electron chi connectivity index (χ2n) is 10.2. The van der Waals surface area contributed by atoms with Gasteiger partial charge in [-0.15, -0.1) is 0 Å². The fourth-order valence-electron chi connectivity index (χ4n) is 8.13. The molecule has 5 fully saturated rings. The molecule has 0 amide bonds. The average molecular weight is 360 g/mol. The summed E-state index contributed by atoms with van der Waals surface area (Å²) in [4.78, 5) is 11.6. The number of allylic oxidation sites excluding steroid dienone is 1. The molecule has 3 saturated heterocycles. The molecule has 6 bridgehead atoms. The van der Waals surface area contributed by atoms with E-state index in [9.17, 15) is 9.90 Å². The Morgan fingerprint density at radius 3 is 2.92 bits per heavy atom. The number of aliphatic carboxylic acids is 1. The predicted octanol–water partition coefficient (Wildman–Crippen LogP) is 3.96. The number of hydrogen-bond acceptors (Lipinski definition) is 3. The fourth-order valence-corrected chi connectivity index (χ4v) is 8.13. The first-order valence-electron chi connectivity index (χ1n) is 10.7. The number of nitrogens with one attached hydrogen (secondary N) is 1. The molecule has 8 unspecified atom stereocenters. The van der Waals surface area contributed by atoms with Crippen molar-refractivity contribution in [2.24, 2.45) is 34.5 Å². The molecule has 3 aliphatic carbocycles. The van der Waals surface area contributed by atoms with Crippen molar-refractivity contribution in [3.05, 3.63) is 11.6 Å². The molecule has 0 aromatic carbocycles.